The van der Waals surface area contributed by atoms with Crippen LogP contribution in [0.5, 0.6) is 5.75 Å². The van der Waals surface area contributed by atoms with E-state index in [1.54, 1.807) is 7.11 Å². The second-order valence-electron chi connectivity index (χ2n) is 6.03. The first kappa shape index (κ1) is 14.2. The van der Waals surface area contributed by atoms with E-state index in [4.69, 9.17) is 4.74 Å². The molecule has 1 aliphatic carbocycles. The molecule has 0 fully saturated rings. The van der Waals surface area contributed by atoms with Crippen molar-refractivity contribution in [1.82, 2.24) is 0 Å². The molecule has 0 saturated heterocycles. The third-order valence-electron chi connectivity index (χ3n) is 4.47. The third kappa shape index (κ3) is 2.68. The van der Waals surface area contributed by atoms with Gasteiger partial charge in [0.1, 0.15) is 5.75 Å². The highest BCUT2D eigenvalue weighted by atomic mass is 16.5. The fourth-order valence-electron chi connectivity index (χ4n) is 3.44. The molecule has 0 spiro atoms. The summed E-state index contributed by atoms with van der Waals surface area (Å²) in [6.07, 6.45) is 3.50. The molecule has 21 heavy (non-hydrogen) atoms. The lowest BCUT2D eigenvalue weighted by Crippen LogP contribution is -2.33. The van der Waals surface area contributed by atoms with Crippen molar-refractivity contribution >= 4 is 0 Å². The van der Waals surface area contributed by atoms with Gasteiger partial charge >= 0.3 is 0 Å². The Morgan fingerprint density at radius 2 is 2.00 bits per heavy atom. The van der Waals surface area contributed by atoms with Gasteiger partial charge < -0.3 is 9.84 Å². The normalized spacial score (nSPS) is 20.9. The van der Waals surface area contributed by atoms with Gasteiger partial charge in [-0.1, -0.05) is 42.0 Å². The molecule has 0 radical (unpaired) electrons. The molecule has 110 valence electrons. The summed E-state index contributed by atoms with van der Waals surface area (Å²) in [6, 6.07) is 14.4. The van der Waals surface area contributed by atoms with Gasteiger partial charge in [-0.05, 0) is 48.9 Å². The molecule has 0 bridgehead atoms. The molecular weight excluding hydrogens is 260 g/mol. The Labute approximate surface area is 126 Å². The van der Waals surface area contributed by atoms with Crippen molar-refractivity contribution in [1.29, 1.82) is 0 Å². The molecule has 0 saturated carbocycles. The lowest BCUT2D eigenvalue weighted by molar-refractivity contribution is 0.0185. The number of aliphatic hydroxyl groups is 1. The Morgan fingerprint density at radius 3 is 2.81 bits per heavy atom. The van der Waals surface area contributed by atoms with Crippen molar-refractivity contribution in [2.24, 2.45) is 0 Å². The van der Waals surface area contributed by atoms with Crippen LogP contribution in [0.15, 0.2) is 42.5 Å². The van der Waals surface area contributed by atoms with Crippen molar-refractivity contribution in [3.63, 3.8) is 0 Å². The van der Waals surface area contributed by atoms with Crippen LogP contribution in [0, 0.1) is 6.92 Å². The van der Waals surface area contributed by atoms with Crippen molar-refractivity contribution < 1.29 is 9.84 Å². The van der Waals surface area contributed by atoms with Crippen LogP contribution in [0.1, 0.15) is 35.1 Å². The first-order chi connectivity index (χ1) is 10.1. The van der Waals surface area contributed by atoms with Crippen LogP contribution in [-0.2, 0) is 18.4 Å². The lowest BCUT2D eigenvalue weighted by Gasteiger charge is -2.35. The molecule has 2 aromatic rings. The highest BCUT2D eigenvalue weighted by molar-refractivity contribution is 5.41. The Bertz CT molecular complexity index is 648. The van der Waals surface area contributed by atoms with Gasteiger partial charge in [-0.2, -0.15) is 0 Å². The molecule has 1 unspecified atom stereocenters. The first-order valence-corrected chi connectivity index (χ1v) is 7.57. The minimum absolute atomic E-state index is 0.606. The van der Waals surface area contributed by atoms with E-state index < -0.39 is 5.60 Å². The smallest absolute Gasteiger partial charge is 0.122 e. The maximum absolute atomic E-state index is 11.2. The fourth-order valence-corrected chi connectivity index (χ4v) is 3.44. The van der Waals surface area contributed by atoms with Crippen LogP contribution in [0.25, 0.3) is 0 Å². The number of hydrogen-bond donors (Lipinski definition) is 1. The summed E-state index contributed by atoms with van der Waals surface area (Å²) in [5.74, 6) is 0.858. The van der Waals surface area contributed by atoms with Crippen molar-refractivity contribution in [2.75, 3.05) is 7.11 Å². The molecule has 3 rings (SSSR count). The minimum atomic E-state index is -0.782. The van der Waals surface area contributed by atoms with Gasteiger partial charge in [-0.3, -0.25) is 0 Å². The summed E-state index contributed by atoms with van der Waals surface area (Å²) in [5.41, 5.74) is 3.85. The van der Waals surface area contributed by atoms with Crippen LogP contribution in [0.2, 0.25) is 0 Å². The molecule has 1 aliphatic rings. The van der Waals surface area contributed by atoms with Crippen molar-refractivity contribution in [2.45, 2.75) is 38.2 Å². The summed E-state index contributed by atoms with van der Waals surface area (Å²) in [5, 5.41) is 11.2. The molecule has 1 N–H and O–H groups in total. The number of benzene rings is 2. The summed E-state index contributed by atoms with van der Waals surface area (Å²) in [7, 11) is 1.69. The number of fused-ring (bicyclic) bond motifs is 1. The van der Waals surface area contributed by atoms with Crippen LogP contribution in [0.4, 0.5) is 0 Å². The third-order valence-corrected chi connectivity index (χ3v) is 4.47. The van der Waals surface area contributed by atoms with E-state index in [0.29, 0.717) is 6.42 Å². The highest BCUT2D eigenvalue weighted by Crippen LogP contribution is 2.39. The predicted molar refractivity (Wildman–Crippen MR) is 84.7 cm³/mol. The number of hydrogen-bond acceptors (Lipinski definition) is 2. The van der Waals surface area contributed by atoms with Crippen LogP contribution < -0.4 is 4.74 Å². The summed E-state index contributed by atoms with van der Waals surface area (Å²) < 4.78 is 5.46. The molecular formula is C19H22O2. The zero-order chi connectivity index (χ0) is 14.9. The monoisotopic (exact) mass is 282 g/mol. The van der Waals surface area contributed by atoms with Gasteiger partial charge in [-0.15, -0.1) is 0 Å². The standard InChI is InChI=1S/C19H22O2/c1-14-9-10-18(21-2)16(12-14)13-19(20)11-5-7-15-6-3-4-8-17(15)19/h3-4,6,8-10,12,20H,5,7,11,13H2,1-2H3. The molecule has 0 heterocycles. The van der Waals surface area contributed by atoms with Gasteiger partial charge in [0.25, 0.3) is 0 Å². The van der Waals surface area contributed by atoms with Gasteiger partial charge in [0.2, 0.25) is 0 Å². The predicted octanol–water partition coefficient (Wildman–Crippen LogP) is 3.77. The topological polar surface area (TPSA) is 29.5 Å². The number of ether oxygens (including phenoxy) is 1. The first-order valence-electron chi connectivity index (χ1n) is 7.57. The average molecular weight is 282 g/mol. The Kier molecular flexibility index (Phi) is 3.73. The molecule has 0 aromatic heterocycles. The van der Waals surface area contributed by atoms with Gasteiger partial charge in [0.15, 0.2) is 0 Å². The summed E-state index contributed by atoms with van der Waals surface area (Å²) in [6.45, 7) is 2.07. The highest BCUT2D eigenvalue weighted by Gasteiger charge is 2.34. The van der Waals surface area contributed by atoms with Crippen molar-refractivity contribution in [3.8, 4) is 5.75 Å². The molecule has 2 aromatic carbocycles. The minimum Gasteiger partial charge on any atom is -0.496 e. The van der Waals surface area contributed by atoms with Gasteiger partial charge in [0, 0.05) is 6.42 Å². The van der Waals surface area contributed by atoms with Crippen LogP contribution >= 0.6 is 0 Å². The van der Waals surface area contributed by atoms with E-state index >= 15 is 0 Å². The second kappa shape index (κ2) is 5.53. The second-order valence-corrected chi connectivity index (χ2v) is 6.03. The maximum atomic E-state index is 11.2. The molecule has 1 atom stereocenters. The number of aryl methyl sites for hydroxylation is 2. The van der Waals surface area contributed by atoms with Gasteiger partial charge in [0.05, 0.1) is 12.7 Å². The van der Waals surface area contributed by atoms with E-state index in [9.17, 15) is 5.11 Å². The van der Waals surface area contributed by atoms with Crippen molar-refractivity contribution in [3.05, 3.63) is 64.7 Å². The van der Waals surface area contributed by atoms with Crippen LogP contribution in [-0.4, -0.2) is 12.2 Å². The van der Waals surface area contributed by atoms with E-state index in [2.05, 4.69) is 31.2 Å². The quantitative estimate of drug-likeness (QED) is 0.928. The van der Waals surface area contributed by atoms with Crippen LogP contribution in [0.3, 0.4) is 0 Å². The molecule has 2 heteroatoms. The zero-order valence-electron chi connectivity index (χ0n) is 12.7. The van der Waals surface area contributed by atoms with E-state index in [-0.39, 0.29) is 0 Å². The Balaban J connectivity index is 2.00. The zero-order valence-corrected chi connectivity index (χ0v) is 12.7. The van der Waals surface area contributed by atoms with E-state index in [0.717, 1.165) is 36.1 Å². The maximum Gasteiger partial charge on any atom is 0.122 e. The SMILES string of the molecule is COc1ccc(C)cc1CC1(O)CCCc2ccccc21. The fraction of sp³-hybridized carbons (Fsp3) is 0.368. The number of methoxy groups -OCH3 is 1. The molecule has 2 nitrogen and oxygen atoms in total. The molecule has 0 amide bonds. The lowest BCUT2D eigenvalue weighted by atomic mass is 9.75. The largest absolute Gasteiger partial charge is 0.496 e. The Hall–Kier alpha value is -1.80. The summed E-state index contributed by atoms with van der Waals surface area (Å²) in [4.78, 5) is 0. The molecule has 0 aliphatic heterocycles. The average Bonchev–Trinajstić information content (AvgIpc) is 2.48. The van der Waals surface area contributed by atoms with E-state index in [1.807, 2.05) is 18.2 Å². The number of rotatable bonds is 3. The Morgan fingerprint density at radius 1 is 1.19 bits per heavy atom. The van der Waals surface area contributed by atoms with E-state index in [1.165, 1.54) is 11.1 Å². The summed E-state index contributed by atoms with van der Waals surface area (Å²) >= 11 is 0. The van der Waals surface area contributed by atoms with Gasteiger partial charge in [-0.25, -0.2) is 0 Å².